The molecular weight excluding hydrogens is 387 g/mol. The molecule has 0 saturated carbocycles. The van der Waals surface area contributed by atoms with E-state index in [4.69, 9.17) is 34.8 Å². The second-order valence-corrected chi connectivity index (χ2v) is 7.26. The van der Waals surface area contributed by atoms with Gasteiger partial charge in [0.05, 0.1) is 31.3 Å². The van der Waals surface area contributed by atoms with Gasteiger partial charge in [-0.15, -0.1) is 11.3 Å². The van der Waals surface area contributed by atoms with Crippen molar-refractivity contribution in [3.05, 3.63) is 67.4 Å². The Kier molecular flexibility index (Phi) is 5.11. The summed E-state index contributed by atoms with van der Waals surface area (Å²) in [7, 11) is 0. The van der Waals surface area contributed by atoms with E-state index < -0.39 is 5.91 Å². The van der Waals surface area contributed by atoms with Crippen LogP contribution in [0.1, 0.15) is 15.4 Å². The molecule has 0 aliphatic heterocycles. The quantitative estimate of drug-likeness (QED) is 0.525. The van der Waals surface area contributed by atoms with E-state index in [-0.39, 0.29) is 20.6 Å². The number of rotatable bonds is 3. The Morgan fingerprint density at radius 1 is 1.04 bits per heavy atom. The molecular formula is C17H11Cl3N2OS. The average Bonchev–Trinajstić information content (AvgIpc) is 2.98. The van der Waals surface area contributed by atoms with Gasteiger partial charge in [0.1, 0.15) is 0 Å². The van der Waals surface area contributed by atoms with Crippen molar-refractivity contribution < 1.29 is 4.79 Å². The van der Waals surface area contributed by atoms with Crippen LogP contribution in [-0.4, -0.2) is 10.9 Å². The monoisotopic (exact) mass is 396 g/mol. The van der Waals surface area contributed by atoms with Crippen molar-refractivity contribution in [2.75, 3.05) is 5.32 Å². The number of benzene rings is 2. The highest BCUT2D eigenvalue weighted by atomic mass is 35.5. The SMILES string of the molecule is Cc1nc(-c2ccc(NC(=O)c3c(Cl)ccc(Cl)c3Cl)cc2)cs1. The summed E-state index contributed by atoms with van der Waals surface area (Å²) in [6, 6.07) is 10.5. The van der Waals surface area contributed by atoms with Gasteiger partial charge in [-0.3, -0.25) is 4.79 Å². The molecule has 3 rings (SSSR count). The minimum Gasteiger partial charge on any atom is -0.322 e. The summed E-state index contributed by atoms with van der Waals surface area (Å²) < 4.78 is 0. The molecule has 1 amide bonds. The second kappa shape index (κ2) is 7.11. The van der Waals surface area contributed by atoms with Gasteiger partial charge in [-0.25, -0.2) is 4.98 Å². The Hall–Kier alpha value is -1.59. The lowest BCUT2D eigenvalue weighted by Crippen LogP contribution is -2.13. The molecule has 0 bridgehead atoms. The molecule has 0 aliphatic carbocycles. The maximum absolute atomic E-state index is 12.4. The van der Waals surface area contributed by atoms with Gasteiger partial charge in [-0.1, -0.05) is 46.9 Å². The van der Waals surface area contributed by atoms with E-state index in [0.29, 0.717) is 5.69 Å². The van der Waals surface area contributed by atoms with Crippen molar-refractivity contribution in [3.8, 4) is 11.3 Å². The number of aryl methyl sites for hydroxylation is 1. The van der Waals surface area contributed by atoms with Crippen molar-refractivity contribution in [1.82, 2.24) is 4.98 Å². The number of hydrogen-bond donors (Lipinski definition) is 1. The van der Waals surface area contributed by atoms with E-state index >= 15 is 0 Å². The third kappa shape index (κ3) is 3.57. The minimum absolute atomic E-state index is 0.135. The predicted octanol–water partition coefficient (Wildman–Crippen LogP) is 6.33. The van der Waals surface area contributed by atoms with Gasteiger partial charge in [0.25, 0.3) is 5.91 Å². The maximum Gasteiger partial charge on any atom is 0.258 e. The van der Waals surface area contributed by atoms with Gasteiger partial charge in [0.2, 0.25) is 0 Å². The molecule has 0 saturated heterocycles. The van der Waals surface area contributed by atoms with E-state index in [2.05, 4.69) is 10.3 Å². The fraction of sp³-hybridized carbons (Fsp3) is 0.0588. The van der Waals surface area contributed by atoms with E-state index in [9.17, 15) is 4.79 Å². The summed E-state index contributed by atoms with van der Waals surface area (Å²) in [5, 5.41) is 6.43. The zero-order chi connectivity index (χ0) is 17.3. The van der Waals surface area contributed by atoms with Crippen molar-refractivity contribution in [2.45, 2.75) is 6.92 Å². The highest BCUT2D eigenvalue weighted by Crippen LogP contribution is 2.32. The van der Waals surface area contributed by atoms with Crippen molar-refractivity contribution in [1.29, 1.82) is 0 Å². The normalized spacial score (nSPS) is 10.7. The van der Waals surface area contributed by atoms with Crippen molar-refractivity contribution in [2.24, 2.45) is 0 Å². The molecule has 2 aromatic carbocycles. The van der Waals surface area contributed by atoms with Gasteiger partial charge >= 0.3 is 0 Å². The van der Waals surface area contributed by atoms with Crippen LogP contribution in [-0.2, 0) is 0 Å². The van der Waals surface area contributed by atoms with Crippen LogP contribution in [0.4, 0.5) is 5.69 Å². The molecule has 1 heterocycles. The minimum atomic E-state index is -0.412. The van der Waals surface area contributed by atoms with E-state index in [0.717, 1.165) is 16.3 Å². The molecule has 7 heteroatoms. The number of halogens is 3. The third-order valence-electron chi connectivity index (χ3n) is 3.33. The Bertz CT molecular complexity index is 907. The number of thiazole rings is 1. The number of nitrogens with one attached hydrogen (secondary N) is 1. The van der Waals surface area contributed by atoms with E-state index in [1.54, 1.807) is 35.6 Å². The van der Waals surface area contributed by atoms with Gasteiger partial charge in [-0.2, -0.15) is 0 Å². The highest BCUT2D eigenvalue weighted by Gasteiger charge is 2.17. The molecule has 3 aromatic rings. The van der Waals surface area contributed by atoms with Gasteiger partial charge in [0, 0.05) is 16.6 Å². The zero-order valence-corrected chi connectivity index (χ0v) is 15.5. The number of amides is 1. The molecule has 3 nitrogen and oxygen atoms in total. The van der Waals surface area contributed by atoms with Crippen LogP contribution in [0.2, 0.25) is 15.1 Å². The predicted molar refractivity (Wildman–Crippen MR) is 102 cm³/mol. The molecule has 0 unspecified atom stereocenters. The van der Waals surface area contributed by atoms with E-state index in [1.165, 1.54) is 0 Å². The first-order valence-corrected chi connectivity index (χ1v) is 8.94. The highest BCUT2D eigenvalue weighted by molar-refractivity contribution is 7.09. The number of anilines is 1. The lowest BCUT2D eigenvalue weighted by molar-refractivity contribution is 0.102. The summed E-state index contributed by atoms with van der Waals surface area (Å²) in [6.45, 7) is 1.96. The molecule has 0 atom stereocenters. The van der Waals surface area contributed by atoms with Gasteiger partial charge in [-0.05, 0) is 31.2 Å². The van der Waals surface area contributed by atoms with Crippen LogP contribution in [0.25, 0.3) is 11.3 Å². The Morgan fingerprint density at radius 3 is 2.33 bits per heavy atom. The third-order valence-corrected chi connectivity index (χ3v) is 5.22. The smallest absolute Gasteiger partial charge is 0.258 e. The first-order chi connectivity index (χ1) is 11.5. The number of carbonyl (C=O) groups excluding carboxylic acids is 1. The Balaban J connectivity index is 1.82. The lowest BCUT2D eigenvalue weighted by Gasteiger charge is -2.10. The number of nitrogens with zero attached hydrogens (tertiary/aromatic N) is 1. The number of hydrogen-bond acceptors (Lipinski definition) is 3. The second-order valence-electron chi connectivity index (χ2n) is 5.00. The fourth-order valence-corrected chi connectivity index (χ4v) is 3.47. The summed E-state index contributed by atoms with van der Waals surface area (Å²) in [5.74, 6) is -0.412. The standard InChI is InChI=1S/C17H11Cl3N2OS/c1-9-21-14(8-24-9)10-2-4-11(5-3-10)22-17(23)15-12(18)6-7-13(19)16(15)20/h2-8H,1H3,(H,22,23). The zero-order valence-electron chi connectivity index (χ0n) is 12.4. The summed E-state index contributed by atoms with van der Waals surface area (Å²) in [5.41, 5.74) is 2.68. The van der Waals surface area contributed by atoms with Crippen LogP contribution >= 0.6 is 46.1 Å². The van der Waals surface area contributed by atoms with Crippen LogP contribution < -0.4 is 5.32 Å². The van der Waals surface area contributed by atoms with Crippen LogP contribution in [0.3, 0.4) is 0 Å². The summed E-state index contributed by atoms with van der Waals surface area (Å²) in [4.78, 5) is 16.9. The lowest BCUT2D eigenvalue weighted by atomic mass is 10.1. The van der Waals surface area contributed by atoms with Gasteiger partial charge in [0.15, 0.2) is 0 Å². The molecule has 0 aliphatic rings. The largest absolute Gasteiger partial charge is 0.322 e. The topological polar surface area (TPSA) is 42.0 Å². The maximum atomic E-state index is 12.4. The van der Waals surface area contributed by atoms with Crippen LogP contribution in [0.5, 0.6) is 0 Å². The number of aromatic nitrogens is 1. The molecule has 1 aromatic heterocycles. The van der Waals surface area contributed by atoms with Crippen LogP contribution in [0.15, 0.2) is 41.8 Å². The fourth-order valence-electron chi connectivity index (χ4n) is 2.15. The molecule has 0 fully saturated rings. The van der Waals surface area contributed by atoms with Crippen molar-refractivity contribution >= 4 is 57.7 Å². The van der Waals surface area contributed by atoms with E-state index in [1.807, 2.05) is 24.4 Å². The Labute approximate surface area is 158 Å². The van der Waals surface area contributed by atoms with Gasteiger partial charge < -0.3 is 5.32 Å². The average molecular weight is 398 g/mol. The first-order valence-electron chi connectivity index (χ1n) is 6.93. The molecule has 1 N–H and O–H groups in total. The van der Waals surface area contributed by atoms with Crippen LogP contribution in [0, 0.1) is 6.92 Å². The Morgan fingerprint density at radius 2 is 1.71 bits per heavy atom. The first kappa shape index (κ1) is 17.2. The summed E-state index contributed by atoms with van der Waals surface area (Å²) >= 11 is 19.7. The summed E-state index contributed by atoms with van der Waals surface area (Å²) in [6.07, 6.45) is 0. The molecule has 24 heavy (non-hydrogen) atoms. The number of carbonyl (C=O) groups is 1. The molecule has 0 radical (unpaired) electrons. The van der Waals surface area contributed by atoms with Crippen molar-refractivity contribution in [3.63, 3.8) is 0 Å². The molecule has 122 valence electrons. The molecule has 0 spiro atoms.